The molecule has 0 spiro atoms. The molecule has 3 N–H and O–H groups in total. The first-order valence-corrected chi connectivity index (χ1v) is 5.19. The van der Waals surface area contributed by atoms with Crippen LogP contribution in [0.15, 0.2) is 0 Å². The van der Waals surface area contributed by atoms with E-state index in [1.54, 1.807) is 0 Å². The van der Waals surface area contributed by atoms with Gasteiger partial charge in [-0.15, -0.1) is 0 Å². The van der Waals surface area contributed by atoms with E-state index in [0.717, 1.165) is 0 Å². The topological polar surface area (TPSA) is 113 Å². The summed E-state index contributed by atoms with van der Waals surface area (Å²) in [7, 11) is 0. The number of ether oxygens (including phenoxy) is 2. The molecule has 0 bridgehead atoms. The Morgan fingerprint density at radius 1 is 1.06 bits per heavy atom. The molecule has 0 aromatic heterocycles. The molecule has 0 aromatic rings. The van der Waals surface area contributed by atoms with Crippen molar-refractivity contribution in [2.75, 3.05) is 19.8 Å². The first kappa shape index (κ1) is 13.9. The summed E-state index contributed by atoms with van der Waals surface area (Å²) in [6.07, 6.45) is -0.264. The molecule has 1 aliphatic heterocycles. The number of cyclic esters (lactones) is 2. The Kier molecular flexibility index (Phi) is 4.07. The largest absolute Gasteiger partial charge is 0.422 e. The van der Waals surface area contributed by atoms with Gasteiger partial charge in [-0.25, -0.2) is 0 Å². The summed E-state index contributed by atoms with van der Waals surface area (Å²) in [4.78, 5) is 22.7. The molecule has 1 aliphatic rings. The lowest BCUT2D eigenvalue weighted by molar-refractivity contribution is -0.279. The number of esters is 2. The molecule has 98 valence electrons. The van der Waals surface area contributed by atoms with Crippen molar-refractivity contribution >= 4 is 11.9 Å². The smallest absolute Gasteiger partial charge is 0.309 e. The highest BCUT2D eigenvalue weighted by atomic mass is 16.7. The van der Waals surface area contributed by atoms with E-state index in [-0.39, 0.29) is 12.8 Å². The number of carbonyl (C=O) groups excluding carboxylic acids is 2. The predicted octanol–water partition coefficient (Wildman–Crippen LogP) is -1.45. The summed E-state index contributed by atoms with van der Waals surface area (Å²) in [6.45, 7) is -0.859. The monoisotopic (exact) mass is 248 g/mol. The highest BCUT2D eigenvalue weighted by Crippen LogP contribution is 2.37. The van der Waals surface area contributed by atoms with Gasteiger partial charge >= 0.3 is 11.9 Å². The molecule has 1 rings (SSSR count). The van der Waals surface area contributed by atoms with Crippen molar-refractivity contribution < 1.29 is 34.4 Å². The minimum atomic E-state index is -1.88. The Hall–Kier alpha value is -1.18. The third-order valence-corrected chi connectivity index (χ3v) is 3.02. The normalized spacial score (nSPS) is 20.5. The van der Waals surface area contributed by atoms with Gasteiger partial charge in [0.1, 0.15) is 5.41 Å². The average molecular weight is 248 g/mol. The first-order valence-electron chi connectivity index (χ1n) is 5.19. The molecule has 0 saturated carbocycles. The lowest BCUT2D eigenvalue weighted by Gasteiger charge is -2.42. The van der Waals surface area contributed by atoms with Crippen LogP contribution in [-0.4, -0.2) is 52.9 Å². The molecule has 17 heavy (non-hydrogen) atoms. The lowest BCUT2D eigenvalue weighted by Crippen LogP contribution is -2.57. The van der Waals surface area contributed by atoms with Crippen LogP contribution in [0.3, 0.4) is 0 Å². The molecule has 7 heteroatoms. The molecule has 0 amide bonds. The number of aliphatic hydroxyl groups excluding tert-OH is 3. The zero-order valence-electron chi connectivity index (χ0n) is 9.51. The van der Waals surface area contributed by atoms with Crippen molar-refractivity contribution in [3.05, 3.63) is 0 Å². The summed E-state index contributed by atoms with van der Waals surface area (Å²) in [5.74, 6) is -3.24. The Morgan fingerprint density at radius 3 is 1.71 bits per heavy atom. The van der Waals surface area contributed by atoms with Crippen LogP contribution < -0.4 is 0 Å². The van der Waals surface area contributed by atoms with Crippen LogP contribution in [-0.2, 0) is 19.1 Å². The van der Waals surface area contributed by atoms with Gasteiger partial charge in [-0.05, 0) is 0 Å². The molecule has 0 atom stereocenters. The molecule has 1 saturated heterocycles. The molecule has 0 radical (unpaired) electrons. The van der Waals surface area contributed by atoms with E-state index >= 15 is 0 Å². The zero-order chi connectivity index (χ0) is 13.1. The molecule has 7 nitrogen and oxygen atoms in total. The molecule has 0 unspecified atom stereocenters. The minimum Gasteiger partial charge on any atom is -0.422 e. The van der Waals surface area contributed by atoms with Gasteiger partial charge in [0.15, 0.2) is 0 Å². The summed E-state index contributed by atoms with van der Waals surface area (Å²) in [5.41, 5.74) is -1.64. The standard InChI is InChI=1S/C10H16O7/c1-9(10(4-11,5-12)6-13)16-7(14)2-3-8(15)17-9/h11-13H,2-6H2,1H3. The molecular formula is C10H16O7. The van der Waals surface area contributed by atoms with E-state index in [1.165, 1.54) is 6.92 Å². The van der Waals surface area contributed by atoms with Gasteiger partial charge in [0.25, 0.3) is 5.79 Å². The fourth-order valence-electron chi connectivity index (χ4n) is 1.56. The van der Waals surface area contributed by atoms with E-state index in [1.807, 2.05) is 0 Å². The minimum absolute atomic E-state index is 0.132. The van der Waals surface area contributed by atoms with Crippen LogP contribution in [0.5, 0.6) is 0 Å². The van der Waals surface area contributed by atoms with E-state index in [4.69, 9.17) is 9.47 Å². The quantitative estimate of drug-likeness (QED) is 0.521. The number of carbonyl (C=O) groups is 2. The Balaban J connectivity index is 3.11. The molecular weight excluding hydrogens is 232 g/mol. The zero-order valence-corrected chi connectivity index (χ0v) is 9.51. The second-order valence-corrected chi connectivity index (χ2v) is 4.15. The van der Waals surface area contributed by atoms with Gasteiger partial charge in [0.2, 0.25) is 0 Å². The van der Waals surface area contributed by atoms with Gasteiger partial charge in [-0.1, -0.05) is 0 Å². The summed E-state index contributed by atoms with van der Waals surface area (Å²) in [6, 6.07) is 0. The van der Waals surface area contributed by atoms with Gasteiger partial charge in [0, 0.05) is 6.92 Å². The van der Waals surface area contributed by atoms with Crippen molar-refractivity contribution in [1.29, 1.82) is 0 Å². The third-order valence-electron chi connectivity index (χ3n) is 3.02. The number of hydrogen-bond acceptors (Lipinski definition) is 7. The van der Waals surface area contributed by atoms with E-state index in [0.29, 0.717) is 0 Å². The average Bonchev–Trinajstić information content (AvgIpc) is 2.41. The van der Waals surface area contributed by atoms with Crippen LogP contribution in [0.2, 0.25) is 0 Å². The summed E-state index contributed by atoms with van der Waals surface area (Å²) in [5, 5.41) is 27.8. The van der Waals surface area contributed by atoms with Crippen LogP contribution >= 0.6 is 0 Å². The third kappa shape index (κ3) is 2.41. The van der Waals surface area contributed by atoms with E-state index < -0.39 is 43.0 Å². The highest BCUT2D eigenvalue weighted by Gasteiger charge is 2.55. The molecule has 1 heterocycles. The predicted molar refractivity (Wildman–Crippen MR) is 53.5 cm³/mol. The van der Waals surface area contributed by atoms with Gasteiger partial charge < -0.3 is 24.8 Å². The number of rotatable bonds is 4. The number of aliphatic hydroxyl groups is 3. The molecule has 1 fully saturated rings. The van der Waals surface area contributed by atoms with E-state index in [9.17, 15) is 24.9 Å². The highest BCUT2D eigenvalue weighted by molar-refractivity contribution is 5.79. The fourth-order valence-corrected chi connectivity index (χ4v) is 1.56. The van der Waals surface area contributed by atoms with Gasteiger partial charge in [-0.3, -0.25) is 9.59 Å². The summed E-state index contributed by atoms with van der Waals surface area (Å²) < 4.78 is 9.89. The maximum atomic E-state index is 11.3. The fraction of sp³-hybridized carbons (Fsp3) is 0.800. The maximum Gasteiger partial charge on any atom is 0.309 e. The molecule has 0 aromatic carbocycles. The summed E-state index contributed by atoms with van der Waals surface area (Å²) >= 11 is 0. The van der Waals surface area contributed by atoms with Crippen LogP contribution in [0.1, 0.15) is 19.8 Å². The Bertz CT molecular complexity index is 282. The maximum absolute atomic E-state index is 11.3. The second kappa shape index (κ2) is 4.99. The van der Waals surface area contributed by atoms with Crippen LogP contribution in [0.25, 0.3) is 0 Å². The van der Waals surface area contributed by atoms with Gasteiger partial charge in [-0.2, -0.15) is 0 Å². The van der Waals surface area contributed by atoms with E-state index in [2.05, 4.69) is 0 Å². The first-order chi connectivity index (χ1) is 7.93. The Morgan fingerprint density at radius 2 is 1.41 bits per heavy atom. The Labute approximate surface area is 98.0 Å². The van der Waals surface area contributed by atoms with Crippen molar-refractivity contribution in [3.8, 4) is 0 Å². The second-order valence-electron chi connectivity index (χ2n) is 4.15. The van der Waals surface area contributed by atoms with Crippen LogP contribution in [0.4, 0.5) is 0 Å². The van der Waals surface area contributed by atoms with Crippen LogP contribution in [0, 0.1) is 5.41 Å². The SMILES string of the molecule is CC1(C(CO)(CO)CO)OC(=O)CCC(=O)O1. The van der Waals surface area contributed by atoms with Crippen molar-refractivity contribution in [1.82, 2.24) is 0 Å². The van der Waals surface area contributed by atoms with Crippen molar-refractivity contribution in [2.45, 2.75) is 25.6 Å². The molecule has 0 aliphatic carbocycles. The van der Waals surface area contributed by atoms with Crippen molar-refractivity contribution in [3.63, 3.8) is 0 Å². The van der Waals surface area contributed by atoms with Gasteiger partial charge in [0.05, 0.1) is 32.7 Å². The lowest BCUT2D eigenvalue weighted by atomic mass is 9.82. The van der Waals surface area contributed by atoms with Crippen molar-refractivity contribution in [2.24, 2.45) is 5.41 Å². The number of hydrogen-bond donors (Lipinski definition) is 3.